The first-order chi connectivity index (χ1) is 9.20. The van der Waals surface area contributed by atoms with Crippen LogP contribution in [0.25, 0.3) is 0 Å². The molecular formula is C17H21NS. The van der Waals surface area contributed by atoms with Gasteiger partial charge in [-0.1, -0.05) is 42.0 Å². The van der Waals surface area contributed by atoms with E-state index in [2.05, 4.69) is 67.7 Å². The van der Waals surface area contributed by atoms with Crippen LogP contribution in [0.2, 0.25) is 0 Å². The highest BCUT2D eigenvalue weighted by molar-refractivity contribution is 7.99. The van der Waals surface area contributed by atoms with E-state index in [0.717, 1.165) is 5.75 Å². The maximum Gasteiger partial charge on any atom is 0.0415 e. The molecule has 2 heteroatoms. The highest BCUT2D eigenvalue weighted by Gasteiger charge is 2.12. The molecule has 0 aliphatic carbocycles. The molecule has 0 fully saturated rings. The van der Waals surface area contributed by atoms with Gasteiger partial charge in [-0.25, -0.2) is 0 Å². The first kappa shape index (κ1) is 14.2. The van der Waals surface area contributed by atoms with E-state index in [1.165, 1.54) is 21.6 Å². The van der Waals surface area contributed by atoms with Gasteiger partial charge in [0.15, 0.2) is 0 Å². The number of hydrogen-bond acceptors (Lipinski definition) is 2. The lowest BCUT2D eigenvalue weighted by Gasteiger charge is -2.19. The average Bonchev–Trinajstić information content (AvgIpc) is 2.44. The first-order valence-electron chi connectivity index (χ1n) is 6.63. The predicted octanol–water partition coefficient (Wildman–Crippen LogP) is 4.36. The molecule has 2 aromatic rings. The van der Waals surface area contributed by atoms with E-state index < -0.39 is 0 Å². The van der Waals surface area contributed by atoms with Gasteiger partial charge in [-0.3, -0.25) is 0 Å². The fraction of sp³-hybridized carbons (Fsp3) is 0.294. The summed E-state index contributed by atoms with van der Waals surface area (Å²) in [5, 5.41) is 3.44. The van der Waals surface area contributed by atoms with E-state index in [9.17, 15) is 0 Å². The maximum atomic E-state index is 3.44. The van der Waals surface area contributed by atoms with Gasteiger partial charge in [-0.15, -0.1) is 11.8 Å². The zero-order chi connectivity index (χ0) is 13.7. The predicted molar refractivity (Wildman–Crippen MR) is 84.9 cm³/mol. The third-order valence-corrected chi connectivity index (χ3v) is 4.42. The minimum Gasteiger partial charge on any atom is -0.312 e. The van der Waals surface area contributed by atoms with Crippen LogP contribution in [0.3, 0.4) is 0 Å². The van der Waals surface area contributed by atoms with E-state index in [4.69, 9.17) is 0 Å². The van der Waals surface area contributed by atoms with Crippen molar-refractivity contribution in [2.24, 2.45) is 0 Å². The molecule has 0 saturated carbocycles. The summed E-state index contributed by atoms with van der Waals surface area (Å²) < 4.78 is 0. The third-order valence-electron chi connectivity index (χ3n) is 3.32. The van der Waals surface area contributed by atoms with Crippen molar-refractivity contribution in [1.29, 1.82) is 0 Å². The molecule has 19 heavy (non-hydrogen) atoms. The van der Waals surface area contributed by atoms with E-state index in [0.29, 0.717) is 6.04 Å². The second-order valence-corrected chi connectivity index (χ2v) is 5.92. The lowest BCUT2D eigenvalue weighted by atomic mass is 10.0. The zero-order valence-electron chi connectivity index (χ0n) is 11.8. The van der Waals surface area contributed by atoms with Crippen LogP contribution in [0.15, 0.2) is 53.4 Å². The molecule has 0 aromatic heterocycles. The van der Waals surface area contributed by atoms with Gasteiger partial charge in [0.25, 0.3) is 0 Å². The SMILES string of the molecule is CNC(CSc1ccccc1)c1cc(C)ccc1C. The Hall–Kier alpha value is -1.25. The van der Waals surface area contributed by atoms with E-state index >= 15 is 0 Å². The maximum absolute atomic E-state index is 3.44. The van der Waals surface area contributed by atoms with Crippen LogP contribution >= 0.6 is 11.8 Å². The Bertz CT molecular complexity index is 522. The van der Waals surface area contributed by atoms with Crippen molar-refractivity contribution in [3.8, 4) is 0 Å². The molecule has 0 aliphatic rings. The minimum absolute atomic E-state index is 0.394. The summed E-state index contributed by atoms with van der Waals surface area (Å²) in [6.45, 7) is 4.34. The highest BCUT2D eigenvalue weighted by atomic mass is 32.2. The van der Waals surface area contributed by atoms with E-state index in [-0.39, 0.29) is 0 Å². The molecular weight excluding hydrogens is 250 g/mol. The van der Waals surface area contributed by atoms with Crippen molar-refractivity contribution in [3.63, 3.8) is 0 Å². The molecule has 1 unspecified atom stereocenters. The molecule has 0 radical (unpaired) electrons. The number of thioether (sulfide) groups is 1. The Morgan fingerprint density at radius 1 is 1.05 bits per heavy atom. The molecule has 1 N–H and O–H groups in total. The summed E-state index contributed by atoms with van der Waals surface area (Å²) in [5.74, 6) is 1.05. The van der Waals surface area contributed by atoms with Crippen molar-refractivity contribution < 1.29 is 0 Å². The highest BCUT2D eigenvalue weighted by Crippen LogP contribution is 2.26. The van der Waals surface area contributed by atoms with Crippen LogP contribution in [0.1, 0.15) is 22.7 Å². The largest absolute Gasteiger partial charge is 0.312 e. The number of nitrogens with one attached hydrogen (secondary N) is 1. The van der Waals surface area contributed by atoms with Gasteiger partial charge in [0.2, 0.25) is 0 Å². The molecule has 0 amide bonds. The third kappa shape index (κ3) is 3.85. The molecule has 2 aromatic carbocycles. The van der Waals surface area contributed by atoms with Crippen LogP contribution in [-0.2, 0) is 0 Å². The topological polar surface area (TPSA) is 12.0 Å². The summed E-state index contributed by atoms with van der Waals surface area (Å²) in [4.78, 5) is 1.33. The monoisotopic (exact) mass is 271 g/mol. The van der Waals surface area contributed by atoms with Gasteiger partial charge in [-0.05, 0) is 44.2 Å². The smallest absolute Gasteiger partial charge is 0.0415 e. The Kier molecular flexibility index (Phi) is 5.06. The average molecular weight is 271 g/mol. The molecule has 0 bridgehead atoms. The van der Waals surface area contributed by atoms with Gasteiger partial charge in [0, 0.05) is 16.7 Å². The second-order valence-electron chi connectivity index (χ2n) is 4.83. The zero-order valence-corrected chi connectivity index (χ0v) is 12.6. The molecule has 0 heterocycles. The summed E-state index contributed by atoms with van der Waals surface area (Å²) in [7, 11) is 2.04. The van der Waals surface area contributed by atoms with Crippen molar-refractivity contribution >= 4 is 11.8 Å². The van der Waals surface area contributed by atoms with Gasteiger partial charge >= 0.3 is 0 Å². The Balaban J connectivity index is 2.10. The molecule has 0 aliphatic heterocycles. The van der Waals surface area contributed by atoms with Gasteiger partial charge in [0.1, 0.15) is 0 Å². The number of rotatable bonds is 5. The van der Waals surface area contributed by atoms with Crippen LogP contribution in [-0.4, -0.2) is 12.8 Å². The molecule has 2 rings (SSSR count). The Morgan fingerprint density at radius 2 is 1.79 bits per heavy atom. The van der Waals surface area contributed by atoms with Crippen molar-refractivity contribution in [1.82, 2.24) is 5.32 Å². The number of hydrogen-bond donors (Lipinski definition) is 1. The fourth-order valence-corrected chi connectivity index (χ4v) is 3.22. The molecule has 0 spiro atoms. The molecule has 1 atom stereocenters. The van der Waals surface area contributed by atoms with E-state index in [1.54, 1.807) is 0 Å². The Morgan fingerprint density at radius 3 is 2.47 bits per heavy atom. The first-order valence-corrected chi connectivity index (χ1v) is 7.61. The molecule has 0 saturated heterocycles. The number of benzene rings is 2. The second kappa shape index (κ2) is 6.78. The van der Waals surface area contributed by atoms with Crippen LogP contribution in [0, 0.1) is 13.8 Å². The van der Waals surface area contributed by atoms with Gasteiger partial charge in [-0.2, -0.15) is 0 Å². The lowest BCUT2D eigenvalue weighted by molar-refractivity contribution is 0.657. The quantitative estimate of drug-likeness (QED) is 0.811. The summed E-state index contributed by atoms with van der Waals surface area (Å²) in [6.07, 6.45) is 0. The van der Waals surface area contributed by atoms with Crippen molar-refractivity contribution in [3.05, 3.63) is 65.2 Å². The van der Waals surface area contributed by atoms with Crippen LogP contribution in [0.5, 0.6) is 0 Å². The summed E-state index contributed by atoms with van der Waals surface area (Å²) in [6, 6.07) is 17.7. The van der Waals surface area contributed by atoms with Crippen molar-refractivity contribution in [2.75, 3.05) is 12.8 Å². The molecule has 100 valence electrons. The minimum atomic E-state index is 0.394. The van der Waals surface area contributed by atoms with E-state index in [1.807, 2.05) is 18.8 Å². The fourth-order valence-electron chi connectivity index (χ4n) is 2.16. The summed E-state index contributed by atoms with van der Waals surface area (Å²) in [5.41, 5.74) is 4.09. The van der Waals surface area contributed by atoms with Gasteiger partial charge in [0.05, 0.1) is 0 Å². The van der Waals surface area contributed by atoms with Crippen LogP contribution < -0.4 is 5.32 Å². The number of aryl methyl sites for hydroxylation is 2. The Labute approximate surface area is 120 Å². The standard InChI is InChI=1S/C17H21NS/c1-13-9-10-14(2)16(11-13)17(18-3)12-19-15-7-5-4-6-8-15/h4-11,17-18H,12H2,1-3H3. The summed E-state index contributed by atoms with van der Waals surface area (Å²) >= 11 is 1.90. The van der Waals surface area contributed by atoms with Gasteiger partial charge < -0.3 is 5.32 Å². The lowest BCUT2D eigenvalue weighted by Crippen LogP contribution is -2.19. The molecule has 1 nitrogen and oxygen atoms in total. The van der Waals surface area contributed by atoms with Crippen molar-refractivity contribution in [2.45, 2.75) is 24.8 Å². The normalized spacial score (nSPS) is 12.4. The van der Waals surface area contributed by atoms with Crippen LogP contribution in [0.4, 0.5) is 0 Å².